The van der Waals surface area contributed by atoms with E-state index in [1.54, 1.807) is 0 Å². The summed E-state index contributed by atoms with van der Waals surface area (Å²) in [5.41, 5.74) is 11.0. The Balaban J connectivity index is 1.30. The first kappa shape index (κ1) is 28.8. The van der Waals surface area contributed by atoms with Crippen LogP contribution in [0, 0.1) is 6.92 Å². The minimum absolute atomic E-state index is 0.119. The molecule has 2 heterocycles. The molecule has 5 N–H and O–H groups in total. The van der Waals surface area contributed by atoms with Gasteiger partial charge in [0.1, 0.15) is 0 Å². The van der Waals surface area contributed by atoms with Crippen LogP contribution >= 0.6 is 11.3 Å². The van der Waals surface area contributed by atoms with E-state index in [4.69, 9.17) is 10.7 Å². The Bertz CT molecular complexity index is 1330. The second-order valence-electron chi connectivity index (χ2n) is 10.6. The Morgan fingerprint density at radius 1 is 1.02 bits per heavy atom. The van der Waals surface area contributed by atoms with Gasteiger partial charge in [-0.05, 0) is 56.0 Å². The number of thiazole rings is 1. The van der Waals surface area contributed by atoms with Gasteiger partial charge in [-0.15, -0.1) is 11.3 Å². The van der Waals surface area contributed by atoms with Gasteiger partial charge in [0.2, 0.25) is 0 Å². The fraction of sp³-hybridized carbons (Fsp3) is 0.333. The lowest BCUT2D eigenvalue weighted by atomic mass is 9.88. The minimum atomic E-state index is -0.119. The molecule has 1 aromatic heterocycles. The van der Waals surface area contributed by atoms with Crippen molar-refractivity contribution in [2.45, 2.75) is 38.1 Å². The summed E-state index contributed by atoms with van der Waals surface area (Å²) in [6, 6.07) is 29.1. The summed E-state index contributed by atoms with van der Waals surface area (Å²) in [6.07, 6.45) is 3.16. The van der Waals surface area contributed by atoms with Gasteiger partial charge in [-0.25, -0.2) is 9.78 Å². The summed E-state index contributed by atoms with van der Waals surface area (Å²) in [5.74, 6) is 0.197. The number of nitrogen functional groups attached to an aromatic ring is 1. The van der Waals surface area contributed by atoms with Crippen LogP contribution in [-0.2, 0) is 0 Å². The lowest BCUT2D eigenvalue weighted by molar-refractivity contribution is 0.208. The molecular weight excluding hydrogens is 528 g/mol. The first-order chi connectivity index (χ1) is 20.1. The number of rotatable bonds is 11. The highest BCUT2D eigenvalue weighted by Crippen LogP contribution is 2.31. The summed E-state index contributed by atoms with van der Waals surface area (Å²) in [7, 11) is 0. The number of nitrogens with zero attached hydrogens (tertiary/aromatic N) is 2. The highest BCUT2D eigenvalue weighted by atomic mass is 32.1. The van der Waals surface area contributed by atoms with Gasteiger partial charge in [-0.1, -0.05) is 72.8 Å². The maximum atomic E-state index is 13.7. The SMILES string of the molecule is Cc1sc(NC(=O)N(CCNC2CCCNC2)CCC(c2ccccc2)c2ccccc2)nc1-c1ccc(N)cc1. The van der Waals surface area contributed by atoms with Gasteiger partial charge in [0.15, 0.2) is 5.13 Å². The molecule has 8 heteroatoms. The summed E-state index contributed by atoms with van der Waals surface area (Å²) < 4.78 is 0. The predicted molar refractivity (Wildman–Crippen MR) is 171 cm³/mol. The molecule has 1 atom stereocenters. The van der Waals surface area contributed by atoms with Crippen LogP contribution in [-0.4, -0.2) is 54.7 Å². The van der Waals surface area contributed by atoms with Crippen molar-refractivity contribution in [3.05, 3.63) is 101 Å². The van der Waals surface area contributed by atoms with Crippen molar-refractivity contribution in [2.75, 3.05) is 43.8 Å². The Labute approximate surface area is 247 Å². The number of aromatic nitrogens is 1. The number of aryl methyl sites for hydroxylation is 1. The van der Waals surface area contributed by atoms with Crippen molar-refractivity contribution in [2.24, 2.45) is 0 Å². The van der Waals surface area contributed by atoms with Crippen molar-refractivity contribution < 1.29 is 4.79 Å². The van der Waals surface area contributed by atoms with E-state index in [1.807, 2.05) is 48.2 Å². The molecule has 41 heavy (non-hydrogen) atoms. The Hall–Kier alpha value is -3.72. The normalized spacial score (nSPS) is 15.1. The van der Waals surface area contributed by atoms with E-state index in [9.17, 15) is 4.79 Å². The van der Waals surface area contributed by atoms with Crippen molar-refractivity contribution in [3.63, 3.8) is 0 Å². The third-order valence-corrected chi connectivity index (χ3v) is 8.57. The fourth-order valence-electron chi connectivity index (χ4n) is 5.46. The van der Waals surface area contributed by atoms with Crippen molar-refractivity contribution in [1.29, 1.82) is 0 Å². The van der Waals surface area contributed by atoms with E-state index >= 15 is 0 Å². The van der Waals surface area contributed by atoms with Crippen molar-refractivity contribution >= 4 is 28.2 Å². The first-order valence-electron chi connectivity index (χ1n) is 14.5. The lowest BCUT2D eigenvalue weighted by Crippen LogP contribution is -2.47. The topological polar surface area (TPSA) is 95.3 Å². The number of nitrogens with two attached hydrogens (primary N) is 1. The molecule has 1 aliphatic heterocycles. The van der Waals surface area contributed by atoms with E-state index in [2.05, 4.69) is 64.5 Å². The number of nitrogens with one attached hydrogen (secondary N) is 3. The Morgan fingerprint density at radius 2 is 1.71 bits per heavy atom. The predicted octanol–water partition coefficient (Wildman–Crippen LogP) is 6.10. The van der Waals surface area contributed by atoms with Gasteiger partial charge in [-0.3, -0.25) is 5.32 Å². The fourth-order valence-corrected chi connectivity index (χ4v) is 6.28. The van der Waals surface area contributed by atoms with Crippen LogP contribution in [0.3, 0.4) is 0 Å². The molecule has 0 saturated carbocycles. The van der Waals surface area contributed by atoms with Gasteiger partial charge in [0, 0.05) is 54.3 Å². The van der Waals surface area contributed by atoms with Gasteiger partial charge < -0.3 is 21.3 Å². The smallest absolute Gasteiger partial charge is 0.323 e. The molecule has 7 nitrogen and oxygen atoms in total. The van der Waals surface area contributed by atoms with Crippen LogP contribution < -0.4 is 21.7 Å². The number of piperidine rings is 1. The number of anilines is 2. The minimum Gasteiger partial charge on any atom is -0.399 e. The Kier molecular flexibility index (Phi) is 10.0. The number of hydrogen-bond donors (Lipinski definition) is 4. The number of urea groups is 1. The van der Waals surface area contributed by atoms with Crippen LogP contribution in [0.25, 0.3) is 11.3 Å². The zero-order valence-corrected chi connectivity index (χ0v) is 24.5. The summed E-state index contributed by atoms with van der Waals surface area (Å²) in [5, 5.41) is 10.8. The summed E-state index contributed by atoms with van der Waals surface area (Å²) >= 11 is 1.50. The van der Waals surface area contributed by atoms with E-state index in [0.717, 1.165) is 48.6 Å². The van der Waals surface area contributed by atoms with Crippen LogP contribution in [0.5, 0.6) is 0 Å². The van der Waals surface area contributed by atoms with E-state index in [-0.39, 0.29) is 11.9 Å². The summed E-state index contributed by atoms with van der Waals surface area (Å²) in [6.45, 7) is 6.08. The maximum absolute atomic E-state index is 13.7. The quantitative estimate of drug-likeness (QED) is 0.164. The first-order valence-corrected chi connectivity index (χ1v) is 15.3. The third kappa shape index (κ3) is 7.94. The van der Waals surface area contributed by atoms with Gasteiger partial charge in [0.05, 0.1) is 5.69 Å². The van der Waals surface area contributed by atoms with Crippen LogP contribution in [0.4, 0.5) is 15.6 Å². The average molecular weight is 569 g/mol. The lowest BCUT2D eigenvalue weighted by Gasteiger charge is -2.28. The number of amides is 2. The number of benzene rings is 3. The molecular formula is C33H40N6OS. The molecule has 0 aliphatic carbocycles. The molecule has 214 valence electrons. The van der Waals surface area contributed by atoms with Crippen molar-refractivity contribution in [1.82, 2.24) is 20.5 Å². The molecule has 1 fully saturated rings. The van der Waals surface area contributed by atoms with Crippen molar-refractivity contribution in [3.8, 4) is 11.3 Å². The largest absolute Gasteiger partial charge is 0.399 e. The molecule has 1 aliphatic rings. The van der Waals surface area contributed by atoms with E-state index < -0.39 is 0 Å². The molecule has 1 saturated heterocycles. The number of carbonyl (C=O) groups excluding carboxylic acids is 1. The molecule has 0 bridgehead atoms. The van der Waals surface area contributed by atoms with Crippen LogP contribution in [0.2, 0.25) is 0 Å². The van der Waals surface area contributed by atoms with E-state index in [0.29, 0.717) is 30.0 Å². The van der Waals surface area contributed by atoms with E-state index in [1.165, 1.54) is 28.9 Å². The zero-order chi connectivity index (χ0) is 28.4. The highest BCUT2D eigenvalue weighted by molar-refractivity contribution is 7.16. The average Bonchev–Trinajstić information content (AvgIpc) is 3.37. The number of carbonyl (C=O) groups is 1. The van der Waals surface area contributed by atoms with Gasteiger partial charge >= 0.3 is 6.03 Å². The zero-order valence-electron chi connectivity index (χ0n) is 23.7. The Morgan fingerprint density at radius 3 is 2.34 bits per heavy atom. The molecule has 3 aromatic carbocycles. The molecule has 0 spiro atoms. The second kappa shape index (κ2) is 14.3. The summed E-state index contributed by atoms with van der Waals surface area (Å²) in [4.78, 5) is 21.5. The van der Waals surface area contributed by atoms with Crippen LogP contribution in [0.1, 0.15) is 41.2 Å². The van der Waals surface area contributed by atoms with Gasteiger partial charge in [-0.2, -0.15) is 0 Å². The molecule has 5 rings (SSSR count). The number of hydrogen-bond acceptors (Lipinski definition) is 6. The highest BCUT2D eigenvalue weighted by Gasteiger charge is 2.21. The molecule has 2 amide bonds. The molecule has 0 radical (unpaired) electrons. The molecule has 4 aromatic rings. The second-order valence-corrected chi connectivity index (χ2v) is 11.8. The van der Waals surface area contributed by atoms with Gasteiger partial charge in [0.25, 0.3) is 0 Å². The third-order valence-electron chi connectivity index (χ3n) is 7.68. The molecule has 1 unspecified atom stereocenters. The standard InChI is InChI=1S/C33H40N6OS/c1-24-31(27-14-16-28(34)17-15-27)37-32(41-24)38-33(40)39(22-20-36-29-13-8-19-35-23-29)21-18-30(25-9-4-2-5-10-25)26-11-6-3-7-12-26/h2-7,9-12,14-17,29-30,35-36H,8,13,18-23,34H2,1H3,(H,37,38,40). The van der Waals surface area contributed by atoms with Crippen LogP contribution in [0.15, 0.2) is 84.9 Å². The maximum Gasteiger partial charge on any atom is 0.323 e. The monoisotopic (exact) mass is 568 g/mol.